The molecule has 2 aromatic rings. The van der Waals surface area contributed by atoms with Gasteiger partial charge in [-0.05, 0) is 31.2 Å². The molecule has 1 aromatic carbocycles. The van der Waals surface area contributed by atoms with Gasteiger partial charge in [0.25, 0.3) is 0 Å². The Morgan fingerprint density at radius 3 is 2.70 bits per heavy atom. The van der Waals surface area contributed by atoms with Crippen LogP contribution >= 0.6 is 11.3 Å². The van der Waals surface area contributed by atoms with Gasteiger partial charge in [0.2, 0.25) is 0 Å². The van der Waals surface area contributed by atoms with Gasteiger partial charge in [-0.15, -0.1) is 0 Å². The Morgan fingerprint density at radius 1 is 1.35 bits per heavy atom. The van der Waals surface area contributed by atoms with E-state index < -0.39 is 0 Å². The summed E-state index contributed by atoms with van der Waals surface area (Å²) in [6.07, 6.45) is 0. The number of thiazole rings is 1. The van der Waals surface area contributed by atoms with Gasteiger partial charge in [0.15, 0.2) is 0 Å². The summed E-state index contributed by atoms with van der Waals surface area (Å²) in [6, 6.07) is 7.31. The van der Waals surface area contributed by atoms with Crippen LogP contribution < -0.4 is 9.61 Å². The highest BCUT2D eigenvalue weighted by Gasteiger charge is 2.02. The van der Waals surface area contributed by atoms with E-state index in [9.17, 15) is 4.79 Å². The van der Waals surface area contributed by atoms with Crippen LogP contribution in [0.15, 0.2) is 34.4 Å². The van der Waals surface area contributed by atoms with E-state index in [1.807, 2.05) is 36.6 Å². The fourth-order valence-electron chi connectivity index (χ4n) is 1.71. The fourth-order valence-corrected chi connectivity index (χ4v) is 2.47. The van der Waals surface area contributed by atoms with E-state index in [-0.39, 0.29) is 11.5 Å². The van der Waals surface area contributed by atoms with Crippen LogP contribution in [-0.2, 0) is 6.54 Å². The Labute approximate surface area is 121 Å². The van der Waals surface area contributed by atoms with Crippen LogP contribution in [0.3, 0.4) is 0 Å². The van der Waals surface area contributed by atoms with Crippen molar-refractivity contribution >= 4 is 11.3 Å². The van der Waals surface area contributed by atoms with Crippen molar-refractivity contribution in [2.45, 2.75) is 13.5 Å². The van der Waals surface area contributed by atoms with Crippen molar-refractivity contribution in [1.29, 1.82) is 0 Å². The van der Waals surface area contributed by atoms with Crippen LogP contribution in [0.5, 0.6) is 5.75 Å². The molecule has 104 valence electrons. The molecule has 0 aliphatic carbocycles. The average molecular weight is 289 g/mol. The number of benzene rings is 1. The molecule has 1 N–H and O–H groups in total. The molecular weight excluding hydrogens is 274 g/mol. The Kier molecular flexibility index (Phi) is 4.99. The zero-order chi connectivity index (χ0) is 14.4. The van der Waals surface area contributed by atoms with Crippen LogP contribution in [0.25, 0.3) is 0 Å². The first-order chi connectivity index (χ1) is 9.70. The smallest absolute Gasteiger partial charge is 0.307 e. The number of hydrogen-bond donors (Lipinski definition) is 1. The third kappa shape index (κ3) is 3.73. The maximum absolute atomic E-state index is 11.5. The molecule has 1 heterocycles. The maximum Gasteiger partial charge on any atom is 0.307 e. The lowest BCUT2D eigenvalue weighted by Crippen LogP contribution is -2.18. The number of aromatic nitrogens is 1. The predicted molar refractivity (Wildman–Crippen MR) is 79.2 cm³/mol. The van der Waals surface area contributed by atoms with Gasteiger partial charge < -0.3 is 9.84 Å². The molecule has 0 aliphatic heterocycles. The molecule has 2 rings (SSSR count). The van der Waals surface area contributed by atoms with Crippen molar-refractivity contribution in [2.75, 3.05) is 13.2 Å². The van der Waals surface area contributed by atoms with Crippen molar-refractivity contribution in [1.82, 2.24) is 4.57 Å². The van der Waals surface area contributed by atoms with Gasteiger partial charge in [0.1, 0.15) is 19.0 Å². The van der Waals surface area contributed by atoms with Crippen LogP contribution in [0.4, 0.5) is 0 Å². The number of aryl methyl sites for hydroxylation is 1. The Bertz CT molecular complexity index is 674. The van der Waals surface area contributed by atoms with Gasteiger partial charge >= 0.3 is 4.87 Å². The molecule has 0 saturated carbocycles. The van der Waals surface area contributed by atoms with E-state index in [2.05, 4.69) is 11.8 Å². The summed E-state index contributed by atoms with van der Waals surface area (Å²) >= 11 is 1.20. The van der Waals surface area contributed by atoms with Crippen LogP contribution in [0, 0.1) is 18.8 Å². The second kappa shape index (κ2) is 6.94. The third-order valence-corrected chi connectivity index (χ3v) is 3.61. The summed E-state index contributed by atoms with van der Waals surface area (Å²) < 4.78 is 7.30. The third-order valence-electron chi connectivity index (χ3n) is 2.73. The molecule has 0 bridgehead atoms. The highest BCUT2D eigenvalue weighted by molar-refractivity contribution is 7.07. The van der Waals surface area contributed by atoms with E-state index in [4.69, 9.17) is 9.84 Å². The number of hydrogen-bond acceptors (Lipinski definition) is 4. The Balaban J connectivity index is 1.90. The number of ether oxygens (including phenoxy) is 1. The van der Waals surface area contributed by atoms with E-state index in [0.717, 1.165) is 17.0 Å². The minimum Gasteiger partial charge on any atom is -0.492 e. The van der Waals surface area contributed by atoms with Gasteiger partial charge in [-0.3, -0.25) is 9.36 Å². The first kappa shape index (κ1) is 14.4. The molecule has 0 spiro atoms. The van der Waals surface area contributed by atoms with Gasteiger partial charge in [-0.2, -0.15) is 0 Å². The lowest BCUT2D eigenvalue weighted by molar-refractivity contribution is 0.296. The van der Waals surface area contributed by atoms with E-state index in [1.54, 1.807) is 4.57 Å². The fraction of sp³-hybridized carbons (Fsp3) is 0.267. The second-order valence-electron chi connectivity index (χ2n) is 4.13. The standard InChI is InChI=1S/C15H15NO3S/c1-12-11-20-15(18)16(12)8-10-19-14-6-4-13(5-7-14)3-2-9-17/h4-7,11,17H,8-10H2,1H3. The first-order valence-corrected chi connectivity index (χ1v) is 7.06. The lowest BCUT2D eigenvalue weighted by atomic mass is 10.2. The van der Waals surface area contributed by atoms with Crippen LogP contribution in [-0.4, -0.2) is 22.9 Å². The largest absolute Gasteiger partial charge is 0.492 e. The van der Waals surface area contributed by atoms with E-state index in [1.165, 1.54) is 11.3 Å². The van der Waals surface area contributed by atoms with Crippen LogP contribution in [0.1, 0.15) is 11.3 Å². The number of rotatable bonds is 4. The zero-order valence-electron chi connectivity index (χ0n) is 11.1. The SMILES string of the molecule is Cc1csc(=O)n1CCOc1ccc(C#CCO)cc1. The summed E-state index contributed by atoms with van der Waals surface area (Å²) in [7, 11) is 0. The molecule has 0 unspecified atom stereocenters. The number of nitrogens with zero attached hydrogens (tertiary/aromatic N) is 1. The van der Waals surface area contributed by atoms with Crippen LogP contribution in [0.2, 0.25) is 0 Å². The van der Waals surface area contributed by atoms with Crippen molar-refractivity contribution < 1.29 is 9.84 Å². The van der Waals surface area contributed by atoms with Crippen molar-refractivity contribution in [3.63, 3.8) is 0 Å². The quantitative estimate of drug-likeness (QED) is 0.871. The Morgan fingerprint density at radius 2 is 2.10 bits per heavy atom. The number of aliphatic hydroxyl groups excluding tert-OH is 1. The molecule has 5 heteroatoms. The van der Waals surface area contributed by atoms with Gasteiger partial charge in [0, 0.05) is 16.6 Å². The molecule has 0 aliphatic rings. The Hall–Kier alpha value is -2.03. The number of aliphatic hydroxyl groups is 1. The van der Waals surface area contributed by atoms with E-state index >= 15 is 0 Å². The topological polar surface area (TPSA) is 51.5 Å². The minimum absolute atomic E-state index is 0.0423. The highest BCUT2D eigenvalue weighted by Crippen LogP contribution is 2.11. The van der Waals surface area contributed by atoms with Gasteiger partial charge in [0.05, 0.1) is 6.54 Å². The highest BCUT2D eigenvalue weighted by atomic mass is 32.1. The minimum atomic E-state index is -0.146. The summed E-state index contributed by atoms with van der Waals surface area (Å²) in [5.41, 5.74) is 1.79. The van der Waals surface area contributed by atoms with Gasteiger partial charge in [-0.1, -0.05) is 23.2 Å². The second-order valence-corrected chi connectivity index (χ2v) is 4.95. The lowest BCUT2D eigenvalue weighted by Gasteiger charge is -2.07. The molecule has 20 heavy (non-hydrogen) atoms. The zero-order valence-corrected chi connectivity index (χ0v) is 11.9. The molecular formula is C15H15NO3S. The maximum atomic E-state index is 11.5. The summed E-state index contributed by atoms with van der Waals surface area (Å²) in [5, 5.41) is 10.5. The van der Waals surface area contributed by atoms with E-state index in [0.29, 0.717) is 13.2 Å². The summed E-state index contributed by atoms with van der Waals surface area (Å²) in [6.45, 7) is 2.75. The normalized spacial score (nSPS) is 9.90. The molecule has 0 atom stereocenters. The summed E-state index contributed by atoms with van der Waals surface area (Å²) in [5.74, 6) is 6.14. The molecule has 4 nitrogen and oxygen atoms in total. The summed E-state index contributed by atoms with van der Waals surface area (Å²) in [4.78, 5) is 11.6. The average Bonchev–Trinajstić information content (AvgIpc) is 2.78. The molecule has 1 aromatic heterocycles. The van der Waals surface area contributed by atoms with Crippen molar-refractivity contribution in [3.8, 4) is 17.6 Å². The van der Waals surface area contributed by atoms with Crippen molar-refractivity contribution in [2.24, 2.45) is 0 Å². The molecule has 0 fully saturated rings. The molecule has 0 radical (unpaired) electrons. The van der Waals surface area contributed by atoms with Crippen molar-refractivity contribution in [3.05, 3.63) is 50.6 Å². The predicted octanol–water partition coefficient (Wildman–Crippen LogP) is 1.64. The first-order valence-electron chi connectivity index (χ1n) is 6.18. The molecule has 0 saturated heterocycles. The monoisotopic (exact) mass is 289 g/mol. The molecule has 0 amide bonds. The van der Waals surface area contributed by atoms with Gasteiger partial charge in [-0.25, -0.2) is 0 Å².